The summed E-state index contributed by atoms with van der Waals surface area (Å²) in [7, 11) is 0. The van der Waals surface area contributed by atoms with Crippen LogP contribution in [0.4, 0.5) is 0 Å². The second-order valence-corrected chi connectivity index (χ2v) is 17.6. The molecule has 0 bridgehead atoms. The van der Waals surface area contributed by atoms with Gasteiger partial charge in [0.15, 0.2) is 25.2 Å². The third kappa shape index (κ3) is 12.6. The molecule has 5 fully saturated rings. The number of carbonyl (C=O) groups excluding carboxylic acids is 3. The summed E-state index contributed by atoms with van der Waals surface area (Å²) in [5.74, 6) is -7.43. The minimum absolute atomic E-state index is 0.786. The highest BCUT2D eigenvalue weighted by molar-refractivity contribution is 5.77. The smallest absolute Gasteiger partial charge is 0.364 e. The molecule has 5 saturated heterocycles. The first-order valence-corrected chi connectivity index (χ1v) is 22.1. The van der Waals surface area contributed by atoms with E-state index in [1.807, 2.05) is 0 Å². The fourth-order valence-corrected chi connectivity index (χ4v) is 8.74. The summed E-state index contributed by atoms with van der Waals surface area (Å²) in [5.41, 5.74) is 0. The molecule has 5 aliphatic heterocycles. The van der Waals surface area contributed by atoms with Gasteiger partial charge in [-0.05, 0) is 6.92 Å². The number of aliphatic hydroxyl groups excluding tert-OH is 14. The summed E-state index contributed by atoms with van der Waals surface area (Å²) in [6.07, 6.45) is -43.9. The second-order valence-electron chi connectivity index (χ2n) is 17.6. The van der Waals surface area contributed by atoms with Crippen LogP contribution in [0.3, 0.4) is 0 Å². The molecule has 5 rings (SSSR count). The molecule has 5 heterocycles. The molecule has 0 spiro atoms. The summed E-state index contributed by atoms with van der Waals surface area (Å²) < 4.78 is 52.3. The molecule has 404 valence electrons. The van der Waals surface area contributed by atoms with E-state index in [1.54, 1.807) is 0 Å². The summed E-state index contributed by atoms with van der Waals surface area (Å²) in [5, 5.41) is 168. The van der Waals surface area contributed by atoms with Crippen LogP contribution in [0.1, 0.15) is 34.1 Å². The summed E-state index contributed by atoms with van der Waals surface area (Å²) in [6, 6.07) is -5.10. The first-order chi connectivity index (χ1) is 32.8. The van der Waals surface area contributed by atoms with E-state index >= 15 is 0 Å². The van der Waals surface area contributed by atoms with Crippen LogP contribution < -0.4 is 16.0 Å². The maximum Gasteiger partial charge on any atom is 0.364 e. The van der Waals surface area contributed by atoms with Gasteiger partial charge in [-0.1, -0.05) is 0 Å². The first-order valence-electron chi connectivity index (χ1n) is 22.1. The third-order valence-electron chi connectivity index (χ3n) is 12.5. The standard InChI is InChI=1S/C39H65N3O28/c1-10-22(51)28(57)29(58)36(63-10)69-33-32(68-35-20(41-12(3)47)27(56)24(53)16(7-44)65-35)25(54)17(8-45)66-37(33)67-30-21(42-13(4)48)34(59)64-18(26(30)55)9-62-39(38(60)61)5-14(49)19(40-11(2)46)31(70-39)23(52)15(50)6-43/h10,14-37,43-45,49-59H,5-9H2,1-4H3,(H,40,46)(H,41,47)(H,42,48)(H,60,61)/t10-,14-,15+,16+,17+,18+,19+,20+,21+,22+,23+,24+,25-,26-,27+,28+,29-,30+,31+,32-,33+,34?,35-,36-,37-,39+/m0/s1. The maximum atomic E-state index is 12.9. The molecule has 0 aromatic carbocycles. The summed E-state index contributed by atoms with van der Waals surface area (Å²) in [6.45, 7) is 0.0798. The van der Waals surface area contributed by atoms with Crippen LogP contribution in [0, 0.1) is 0 Å². The molecular formula is C39H65N3O28. The van der Waals surface area contributed by atoms with Gasteiger partial charge in [-0.2, -0.15) is 0 Å². The van der Waals surface area contributed by atoms with Crippen LogP contribution >= 0.6 is 0 Å². The monoisotopic (exact) mass is 1020 g/mol. The summed E-state index contributed by atoms with van der Waals surface area (Å²) in [4.78, 5) is 49.7. The van der Waals surface area contributed by atoms with Gasteiger partial charge in [0.25, 0.3) is 5.79 Å². The Morgan fingerprint density at radius 1 is 0.600 bits per heavy atom. The lowest BCUT2D eigenvalue weighted by Gasteiger charge is -2.51. The number of hydrogen-bond donors (Lipinski definition) is 18. The molecule has 31 nitrogen and oxygen atoms in total. The Bertz CT molecular complexity index is 1760. The zero-order chi connectivity index (χ0) is 52.3. The Morgan fingerprint density at radius 2 is 1.13 bits per heavy atom. The lowest BCUT2D eigenvalue weighted by atomic mass is 9.88. The number of carbonyl (C=O) groups is 4. The Kier molecular flexibility index (Phi) is 20.1. The average Bonchev–Trinajstić information content (AvgIpc) is 3.30. The number of aliphatic hydroxyl groups is 14. The van der Waals surface area contributed by atoms with Crippen molar-refractivity contribution < 1.29 is 138 Å². The largest absolute Gasteiger partial charge is 0.477 e. The molecule has 31 heteroatoms. The molecule has 1 unspecified atom stereocenters. The van der Waals surface area contributed by atoms with E-state index in [0.717, 1.165) is 20.8 Å². The number of hydrogen-bond acceptors (Lipinski definition) is 27. The minimum atomic E-state index is -3.00. The van der Waals surface area contributed by atoms with Crippen molar-refractivity contribution in [3.05, 3.63) is 0 Å². The zero-order valence-electron chi connectivity index (χ0n) is 38.0. The topological polar surface area (TPSA) is 491 Å². The SMILES string of the molecule is CC(=O)N[C@H]1[C@H](O[C@H]2[C@@H](O)[C@@H](CO)O[C@@H](O[C@H]3[C@@H](O)[C@@H](CO[C@]4(C(=O)O)C[C@H](O)[C@@H](NC(C)=O)[C@H]([C@H](O)[C@H](O)CO)O4)OC(O)[C@@H]3NC(C)=O)[C@@H]2O[C@@H]2O[C@@H](C)[C@@H](O)[C@@H](O)[C@@H]2O)O[C@H](CO)[C@@H](O)[C@@H]1O. The number of ether oxygens (including phenoxy) is 9. The van der Waals surface area contributed by atoms with Crippen LogP contribution in [-0.4, -0.2) is 286 Å². The van der Waals surface area contributed by atoms with E-state index in [1.165, 1.54) is 6.92 Å². The molecular weight excluding hydrogens is 958 g/mol. The van der Waals surface area contributed by atoms with Gasteiger partial charge >= 0.3 is 5.97 Å². The van der Waals surface area contributed by atoms with Gasteiger partial charge in [0.2, 0.25) is 17.7 Å². The highest BCUT2D eigenvalue weighted by Gasteiger charge is 2.59. The molecule has 0 saturated carbocycles. The Balaban J connectivity index is 1.53. The van der Waals surface area contributed by atoms with E-state index in [0.29, 0.717) is 0 Å². The molecule has 0 radical (unpaired) electrons. The van der Waals surface area contributed by atoms with Gasteiger partial charge in [-0.3, -0.25) is 14.4 Å². The molecule has 26 atom stereocenters. The van der Waals surface area contributed by atoms with Crippen molar-refractivity contribution in [3.8, 4) is 0 Å². The van der Waals surface area contributed by atoms with Crippen LogP contribution in [0.25, 0.3) is 0 Å². The number of rotatable bonds is 18. The Morgan fingerprint density at radius 3 is 1.70 bits per heavy atom. The lowest BCUT2D eigenvalue weighted by Crippen LogP contribution is -2.71. The molecule has 18 N–H and O–H groups in total. The van der Waals surface area contributed by atoms with Crippen molar-refractivity contribution in [2.45, 2.75) is 193 Å². The number of carboxylic acids is 1. The van der Waals surface area contributed by atoms with Crippen molar-refractivity contribution in [2.75, 3.05) is 26.4 Å². The average molecular weight is 1020 g/mol. The fourth-order valence-electron chi connectivity index (χ4n) is 8.74. The van der Waals surface area contributed by atoms with Gasteiger partial charge in [0, 0.05) is 27.2 Å². The molecule has 5 aliphatic rings. The molecule has 0 aromatic heterocycles. The Hall–Kier alpha value is -3.04. The molecule has 70 heavy (non-hydrogen) atoms. The number of amides is 3. The van der Waals surface area contributed by atoms with E-state index in [-0.39, 0.29) is 0 Å². The van der Waals surface area contributed by atoms with E-state index in [2.05, 4.69) is 16.0 Å². The molecule has 0 aromatic rings. The van der Waals surface area contributed by atoms with Gasteiger partial charge in [0.05, 0.1) is 44.7 Å². The van der Waals surface area contributed by atoms with E-state index < -0.39 is 215 Å². The van der Waals surface area contributed by atoms with Crippen molar-refractivity contribution in [1.29, 1.82) is 0 Å². The lowest BCUT2D eigenvalue weighted by molar-refractivity contribution is -0.397. The van der Waals surface area contributed by atoms with Crippen molar-refractivity contribution in [2.24, 2.45) is 0 Å². The van der Waals surface area contributed by atoms with E-state index in [4.69, 9.17) is 42.6 Å². The van der Waals surface area contributed by atoms with Crippen molar-refractivity contribution >= 4 is 23.7 Å². The highest BCUT2D eigenvalue weighted by atomic mass is 16.8. The van der Waals surface area contributed by atoms with Gasteiger partial charge in [-0.15, -0.1) is 0 Å². The first kappa shape index (κ1) is 57.9. The van der Waals surface area contributed by atoms with Crippen LogP contribution in [0.15, 0.2) is 0 Å². The van der Waals surface area contributed by atoms with Gasteiger partial charge in [0.1, 0.15) is 110 Å². The highest BCUT2D eigenvalue weighted by Crippen LogP contribution is 2.38. The van der Waals surface area contributed by atoms with Crippen LogP contribution in [-0.2, 0) is 61.8 Å². The number of nitrogens with one attached hydrogen (secondary N) is 3. The van der Waals surface area contributed by atoms with Crippen molar-refractivity contribution in [1.82, 2.24) is 16.0 Å². The molecule has 3 amide bonds. The number of aliphatic carboxylic acids is 1. The predicted octanol–water partition coefficient (Wildman–Crippen LogP) is -11.3. The predicted molar refractivity (Wildman–Crippen MR) is 217 cm³/mol. The fraction of sp³-hybridized carbons (Fsp3) is 0.897. The quantitative estimate of drug-likeness (QED) is 0.0606. The minimum Gasteiger partial charge on any atom is -0.477 e. The van der Waals surface area contributed by atoms with Crippen LogP contribution in [0.2, 0.25) is 0 Å². The molecule has 0 aliphatic carbocycles. The zero-order valence-corrected chi connectivity index (χ0v) is 38.0. The van der Waals surface area contributed by atoms with Gasteiger partial charge in [-0.25, -0.2) is 4.79 Å². The third-order valence-corrected chi connectivity index (χ3v) is 12.5. The second kappa shape index (κ2) is 24.3. The maximum absolute atomic E-state index is 12.9. The van der Waals surface area contributed by atoms with Gasteiger partial charge < -0.3 is 135 Å². The van der Waals surface area contributed by atoms with Crippen molar-refractivity contribution in [3.63, 3.8) is 0 Å². The normalized spacial score (nSPS) is 45.5. The number of carboxylic acid groups (broad SMARTS) is 1. The van der Waals surface area contributed by atoms with Crippen LogP contribution in [0.5, 0.6) is 0 Å². The van der Waals surface area contributed by atoms with E-state index in [9.17, 15) is 95.8 Å². The summed E-state index contributed by atoms with van der Waals surface area (Å²) >= 11 is 0. The Labute approximate surface area is 397 Å².